The third kappa shape index (κ3) is 5.25. The summed E-state index contributed by atoms with van der Waals surface area (Å²) in [6.07, 6.45) is 2.73. The normalized spacial score (nSPS) is 13.2. The Labute approximate surface area is 228 Å². The van der Waals surface area contributed by atoms with Crippen molar-refractivity contribution in [2.75, 3.05) is 0 Å². The van der Waals surface area contributed by atoms with Crippen molar-refractivity contribution in [3.63, 3.8) is 0 Å². The molecular formula is C34H37NO2Si. The Morgan fingerprint density at radius 1 is 0.711 bits per heavy atom. The molecule has 0 aromatic heterocycles. The standard InChI is InChI=1S/C34H37NO2Si/c1-5-6-26-34(27-35-36,28-16-10-7-11-17-28)29-22-24-30(25-23-29)37-38(33(2,3)4,31-18-12-8-13-19-31)32-20-14-9-15-21-32/h7-25H,5-6,26H2,1-4H3. The van der Waals surface area contributed by atoms with Gasteiger partial charge >= 0.3 is 14.4 Å². The van der Waals surface area contributed by atoms with Crippen molar-refractivity contribution in [1.29, 1.82) is 0 Å². The molecule has 0 saturated carbocycles. The maximum absolute atomic E-state index is 11.6. The van der Waals surface area contributed by atoms with E-state index in [-0.39, 0.29) is 5.04 Å². The van der Waals surface area contributed by atoms with Gasteiger partial charge in [-0.15, -0.1) is 0 Å². The van der Waals surface area contributed by atoms with Gasteiger partial charge in [-0.05, 0) is 45.1 Å². The van der Waals surface area contributed by atoms with Crippen LogP contribution in [0.1, 0.15) is 58.1 Å². The molecule has 4 aromatic rings. The average Bonchev–Trinajstić information content (AvgIpc) is 2.95. The van der Waals surface area contributed by atoms with Crippen LogP contribution >= 0.6 is 0 Å². The molecule has 0 N–H and O–H groups in total. The summed E-state index contributed by atoms with van der Waals surface area (Å²) >= 11 is 0. The molecule has 194 valence electrons. The van der Waals surface area contributed by atoms with Gasteiger partial charge in [0.2, 0.25) is 0 Å². The maximum Gasteiger partial charge on any atom is 0.319 e. The zero-order valence-electron chi connectivity index (χ0n) is 22.9. The van der Waals surface area contributed by atoms with Crippen LogP contribution in [0.25, 0.3) is 5.01 Å². The van der Waals surface area contributed by atoms with Crippen LogP contribution in [0.2, 0.25) is 5.04 Å². The fraction of sp³-hybridized carbons (Fsp3) is 0.265. The average molecular weight is 520 g/mol. The van der Waals surface area contributed by atoms with Crippen molar-refractivity contribution in [3.05, 3.63) is 137 Å². The van der Waals surface area contributed by atoms with Crippen LogP contribution in [0, 0.1) is 11.3 Å². The Bertz CT molecular complexity index is 1320. The lowest BCUT2D eigenvalue weighted by molar-refractivity contribution is 0.506. The van der Waals surface area contributed by atoms with Gasteiger partial charge in [-0.25, -0.2) is 0 Å². The van der Waals surface area contributed by atoms with Crippen molar-refractivity contribution in [1.82, 2.24) is 0 Å². The molecule has 3 nitrogen and oxygen atoms in total. The molecule has 0 aliphatic carbocycles. The van der Waals surface area contributed by atoms with E-state index in [2.05, 4.69) is 124 Å². The molecular weight excluding hydrogens is 482 g/mol. The lowest BCUT2D eigenvalue weighted by Crippen LogP contribution is -2.68. The van der Waals surface area contributed by atoms with E-state index in [1.54, 1.807) is 0 Å². The highest BCUT2D eigenvalue weighted by molar-refractivity contribution is 7.00. The number of hydrogen-bond acceptors (Lipinski definition) is 2. The number of unbranched alkanes of at least 4 members (excludes halogenated alkanes) is 1. The lowest BCUT2D eigenvalue weighted by atomic mass is 9.72. The van der Waals surface area contributed by atoms with Gasteiger partial charge in [0.05, 0.1) is 0 Å². The second kappa shape index (κ2) is 11.7. The van der Waals surface area contributed by atoms with Gasteiger partial charge in [0.25, 0.3) is 0 Å². The molecule has 0 aliphatic rings. The van der Waals surface area contributed by atoms with E-state index in [0.717, 1.165) is 36.1 Å². The molecule has 4 aromatic carbocycles. The number of benzene rings is 4. The van der Waals surface area contributed by atoms with Gasteiger partial charge in [0.1, 0.15) is 5.75 Å². The summed E-state index contributed by atoms with van der Waals surface area (Å²) in [6, 6.07) is 42.6. The highest BCUT2D eigenvalue weighted by Crippen LogP contribution is 2.40. The van der Waals surface area contributed by atoms with Gasteiger partial charge in [-0.3, -0.25) is 0 Å². The molecule has 0 spiro atoms. The molecule has 38 heavy (non-hydrogen) atoms. The number of rotatable bonds is 9. The van der Waals surface area contributed by atoms with Crippen LogP contribution in [-0.4, -0.2) is 8.32 Å². The van der Waals surface area contributed by atoms with Crippen LogP contribution in [0.4, 0.5) is 0 Å². The first-order valence-electron chi connectivity index (χ1n) is 13.4. The molecule has 1 atom stereocenters. The van der Waals surface area contributed by atoms with E-state index in [1.165, 1.54) is 10.4 Å². The van der Waals surface area contributed by atoms with Crippen LogP contribution in [-0.2, 0) is 5.41 Å². The van der Waals surface area contributed by atoms with Crippen molar-refractivity contribution in [2.45, 2.75) is 57.4 Å². The second-order valence-corrected chi connectivity index (χ2v) is 15.1. The second-order valence-electron chi connectivity index (χ2n) is 10.9. The molecule has 4 heteroatoms. The minimum absolute atomic E-state index is 0.133. The monoisotopic (exact) mass is 519 g/mol. The van der Waals surface area contributed by atoms with Gasteiger partial charge in [0.15, 0.2) is 5.41 Å². The third-order valence-electron chi connectivity index (χ3n) is 7.44. The van der Waals surface area contributed by atoms with Crippen molar-refractivity contribution in [2.24, 2.45) is 0 Å². The summed E-state index contributed by atoms with van der Waals surface area (Å²) in [4.78, 5) is 0. The minimum Gasteiger partial charge on any atom is -0.534 e. The molecule has 0 saturated heterocycles. The molecule has 0 heterocycles. The topological polar surface area (TPSA) is 36.6 Å². The van der Waals surface area contributed by atoms with Gasteiger partial charge in [0, 0.05) is 5.01 Å². The van der Waals surface area contributed by atoms with Crippen LogP contribution in [0.5, 0.6) is 5.75 Å². The summed E-state index contributed by atoms with van der Waals surface area (Å²) in [5, 5.41) is 17.1. The lowest BCUT2D eigenvalue weighted by Gasteiger charge is -2.43. The molecule has 1 unspecified atom stereocenters. The molecule has 4 rings (SSSR count). The Hall–Kier alpha value is -3.81. The SMILES string of the molecule is CCCCC(C#[N+][O-])(c1ccccc1)c1ccc(O[Si](c2ccccc2)(c2ccccc2)C(C)(C)C)cc1. The first-order chi connectivity index (χ1) is 18.4. The first kappa shape index (κ1) is 27.2. The highest BCUT2D eigenvalue weighted by Gasteiger charge is 2.52. The number of nitrogens with zero attached hydrogens (tertiary/aromatic N) is 1. The van der Waals surface area contributed by atoms with E-state index < -0.39 is 13.7 Å². The van der Waals surface area contributed by atoms with Crippen LogP contribution in [0.15, 0.2) is 115 Å². The molecule has 0 aliphatic heterocycles. The minimum atomic E-state index is -2.74. The molecule has 0 amide bonds. The summed E-state index contributed by atoms with van der Waals surface area (Å²) in [6.45, 7) is 8.99. The van der Waals surface area contributed by atoms with E-state index in [9.17, 15) is 5.21 Å². The van der Waals surface area contributed by atoms with Crippen LogP contribution in [0.3, 0.4) is 0 Å². The molecule has 0 fully saturated rings. The molecule has 0 radical (unpaired) electrons. The number of hydrogen-bond donors (Lipinski definition) is 0. The smallest absolute Gasteiger partial charge is 0.319 e. The Morgan fingerprint density at radius 2 is 1.18 bits per heavy atom. The quantitative estimate of drug-likeness (QED) is 0.166. The van der Waals surface area contributed by atoms with Crippen molar-refractivity contribution >= 4 is 18.7 Å². The largest absolute Gasteiger partial charge is 0.534 e. The first-order valence-corrected chi connectivity index (χ1v) is 15.3. The van der Waals surface area contributed by atoms with Gasteiger partial charge < -0.3 is 9.63 Å². The molecule has 0 bridgehead atoms. The zero-order valence-corrected chi connectivity index (χ0v) is 23.9. The fourth-order valence-corrected chi connectivity index (χ4v) is 9.94. The van der Waals surface area contributed by atoms with E-state index in [1.807, 2.05) is 30.3 Å². The van der Waals surface area contributed by atoms with Crippen LogP contribution < -0.4 is 14.8 Å². The van der Waals surface area contributed by atoms with E-state index in [0.29, 0.717) is 0 Å². The zero-order chi connectivity index (χ0) is 27.1. The van der Waals surface area contributed by atoms with E-state index in [4.69, 9.17) is 4.43 Å². The highest BCUT2D eigenvalue weighted by atomic mass is 28.4. The third-order valence-corrected chi connectivity index (χ3v) is 12.4. The summed E-state index contributed by atoms with van der Waals surface area (Å²) in [7, 11) is -2.74. The predicted octanol–water partition coefficient (Wildman–Crippen LogP) is 7.93. The van der Waals surface area contributed by atoms with Gasteiger partial charge in [-0.1, -0.05) is 144 Å². The Balaban J connectivity index is 1.83. The van der Waals surface area contributed by atoms with E-state index >= 15 is 0 Å². The fourth-order valence-electron chi connectivity index (χ4n) is 5.52. The maximum atomic E-state index is 11.6. The predicted molar refractivity (Wildman–Crippen MR) is 162 cm³/mol. The Kier molecular flexibility index (Phi) is 8.39. The summed E-state index contributed by atoms with van der Waals surface area (Å²) < 4.78 is 7.19. The Morgan fingerprint density at radius 3 is 1.63 bits per heavy atom. The summed E-state index contributed by atoms with van der Waals surface area (Å²) in [5.74, 6) is 0.819. The van der Waals surface area contributed by atoms with Crippen molar-refractivity contribution in [3.8, 4) is 11.8 Å². The van der Waals surface area contributed by atoms with Gasteiger partial charge in [-0.2, -0.15) is 0 Å². The summed E-state index contributed by atoms with van der Waals surface area (Å²) in [5.41, 5.74) is 1.31. The van der Waals surface area contributed by atoms with Crippen molar-refractivity contribution < 1.29 is 4.43 Å².